The molecule has 0 bridgehead atoms. The van der Waals surface area contributed by atoms with Crippen LogP contribution in [0.25, 0.3) is 0 Å². The van der Waals surface area contributed by atoms with E-state index in [0.717, 1.165) is 30.1 Å². The van der Waals surface area contributed by atoms with Gasteiger partial charge < -0.3 is 10.0 Å². The standard InChI is InChI=1S/C16H21NO/c1-3-11-17(12-13-5-6-13)15-9-7-14(8-10-15)16(18)4-2/h1,7-10,13,16,18H,4-6,11-12H2,2H3. The Kier molecular flexibility index (Phi) is 4.28. The summed E-state index contributed by atoms with van der Waals surface area (Å²) in [6, 6.07) is 8.13. The van der Waals surface area contributed by atoms with Crippen molar-refractivity contribution in [3.63, 3.8) is 0 Å². The quantitative estimate of drug-likeness (QED) is 0.776. The second-order valence-corrected chi connectivity index (χ2v) is 5.04. The summed E-state index contributed by atoms with van der Waals surface area (Å²) in [4.78, 5) is 2.25. The van der Waals surface area contributed by atoms with Crippen LogP contribution in [0.2, 0.25) is 0 Å². The van der Waals surface area contributed by atoms with Crippen LogP contribution in [0.15, 0.2) is 24.3 Å². The Balaban J connectivity index is 2.07. The van der Waals surface area contributed by atoms with Crippen LogP contribution in [0.3, 0.4) is 0 Å². The molecule has 18 heavy (non-hydrogen) atoms. The lowest BCUT2D eigenvalue weighted by atomic mass is 10.1. The van der Waals surface area contributed by atoms with Gasteiger partial charge in [-0.15, -0.1) is 6.42 Å². The van der Waals surface area contributed by atoms with Crippen LogP contribution in [0, 0.1) is 18.3 Å². The molecule has 2 rings (SSSR count). The van der Waals surface area contributed by atoms with Gasteiger partial charge in [0.25, 0.3) is 0 Å². The van der Waals surface area contributed by atoms with Gasteiger partial charge in [0.05, 0.1) is 12.6 Å². The zero-order chi connectivity index (χ0) is 13.0. The first kappa shape index (κ1) is 13.0. The van der Waals surface area contributed by atoms with Crippen molar-refractivity contribution in [2.75, 3.05) is 18.0 Å². The number of hydrogen-bond donors (Lipinski definition) is 1. The SMILES string of the molecule is C#CCN(CC1CC1)c1ccc(C(O)CC)cc1. The molecule has 1 fully saturated rings. The van der Waals surface area contributed by atoms with E-state index in [1.54, 1.807) is 0 Å². The maximum Gasteiger partial charge on any atom is 0.0791 e. The van der Waals surface area contributed by atoms with Crippen molar-refractivity contribution in [1.82, 2.24) is 0 Å². The third-order valence-corrected chi connectivity index (χ3v) is 3.49. The van der Waals surface area contributed by atoms with Gasteiger partial charge in [-0.3, -0.25) is 0 Å². The molecule has 1 aromatic carbocycles. The van der Waals surface area contributed by atoms with Crippen molar-refractivity contribution in [2.24, 2.45) is 5.92 Å². The van der Waals surface area contributed by atoms with Gasteiger partial charge in [0.2, 0.25) is 0 Å². The molecule has 0 amide bonds. The number of terminal acetylenes is 1. The highest BCUT2D eigenvalue weighted by Crippen LogP contribution is 2.31. The third-order valence-electron chi connectivity index (χ3n) is 3.49. The number of benzene rings is 1. The summed E-state index contributed by atoms with van der Waals surface area (Å²) < 4.78 is 0. The zero-order valence-electron chi connectivity index (χ0n) is 11.0. The Bertz CT molecular complexity index is 414. The molecule has 96 valence electrons. The molecule has 0 saturated heterocycles. The molecule has 0 heterocycles. The predicted octanol–water partition coefficient (Wildman–Crippen LogP) is 2.98. The molecule has 1 aliphatic carbocycles. The first-order chi connectivity index (χ1) is 8.74. The number of aliphatic hydroxyl groups excluding tert-OH is 1. The Morgan fingerprint density at radius 3 is 2.56 bits per heavy atom. The maximum atomic E-state index is 9.77. The van der Waals surface area contributed by atoms with E-state index >= 15 is 0 Å². The van der Waals surface area contributed by atoms with E-state index in [1.165, 1.54) is 12.8 Å². The number of hydrogen-bond acceptors (Lipinski definition) is 2. The number of nitrogens with zero attached hydrogens (tertiary/aromatic N) is 1. The van der Waals surface area contributed by atoms with E-state index in [4.69, 9.17) is 6.42 Å². The average molecular weight is 243 g/mol. The molecule has 2 nitrogen and oxygen atoms in total. The molecular weight excluding hydrogens is 222 g/mol. The summed E-state index contributed by atoms with van der Waals surface area (Å²) in [7, 11) is 0. The van der Waals surface area contributed by atoms with Gasteiger partial charge >= 0.3 is 0 Å². The molecule has 0 radical (unpaired) electrons. The van der Waals surface area contributed by atoms with Crippen LogP contribution in [-0.2, 0) is 0 Å². The summed E-state index contributed by atoms with van der Waals surface area (Å²) in [5.74, 6) is 3.54. The summed E-state index contributed by atoms with van der Waals surface area (Å²) in [6.07, 6.45) is 8.47. The van der Waals surface area contributed by atoms with Crippen LogP contribution in [-0.4, -0.2) is 18.2 Å². The van der Waals surface area contributed by atoms with Crippen LogP contribution in [0.4, 0.5) is 5.69 Å². The molecule has 1 unspecified atom stereocenters. The van der Waals surface area contributed by atoms with Crippen molar-refractivity contribution >= 4 is 5.69 Å². The lowest BCUT2D eigenvalue weighted by Gasteiger charge is -2.23. The van der Waals surface area contributed by atoms with E-state index in [-0.39, 0.29) is 6.10 Å². The second kappa shape index (κ2) is 5.93. The minimum Gasteiger partial charge on any atom is -0.388 e. The first-order valence-corrected chi connectivity index (χ1v) is 6.71. The molecule has 1 aliphatic rings. The van der Waals surface area contributed by atoms with E-state index in [9.17, 15) is 5.11 Å². The second-order valence-electron chi connectivity index (χ2n) is 5.04. The van der Waals surface area contributed by atoms with Gasteiger partial charge in [-0.1, -0.05) is 25.0 Å². The van der Waals surface area contributed by atoms with Crippen molar-refractivity contribution in [3.8, 4) is 12.3 Å². The van der Waals surface area contributed by atoms with Crippen LogP contribution < -0.4 is 4.90 Å². The molecule has 2 heteroatoms. The fraction of sp³-hybridized carbons (Fsp3) is 0.500. The Labute approximate surface area is 110 Å². The minimum absolute atomic E-state index is 0.358. The van der Waals surface area contributed by atoms with Gasteiger partial charge in [0.15, 0.2) is 0 Å². The Morgan fingerprint density at radius 1 is 1.39 bits per heavy atom. The normalized spacial score (nSPS) is 16.1. The molecule has 0 spiro atoms. The molecule has 1 N–H and O–H groups in total. The van der Waals surface area contributed by atoms with Crippen molar-refractivity contribution < 1.29 is 5.11 Å². The summed E-state index contributed by atoms with van der Waals surface area (Å²) in [5, 5.41) is 9.77. The lowest BCUT2D eigenvalue weighted by Crippen LogP contribution is -2.25. The summed E-state index contributed by atoms with van der Waals surface area (Å²) in [5.41, 5.74) is 2.14. The minimum atomic E-state index is -0.358. The molecule has 0 aliphatic heterocycles. The molecular formula is C16H21NO. The van der Waals surface area contributed by atoms with Gasteiger partial charge in [-0.2, -0.15) is 0 Å². The predicted molar refractivity (Wildman–Crippen MR) is 75.5 cm³/mol. The number of anilines is 1. The van der Waals surface area contributed by atoms with E-state index in [2.05, 4.69) is 23.0 Å². The lowest BCUT2D eigenvalue weighted by molar-refractivity contribution is 0.173. The van der Waals surface area contributed by atoms with Gasteiger partial charge in [0.1, 0.15) is 0 Å². The third kappa shape index (κ3) is 3.27. The van der Waals surface area contributed by atoms with Crippen LogP contribution in [0.1, 0.15) is 37.9 Å². The molecule has 1 atom stereocenters. The highest BCUT2D eigenvalue weighted by molar-refractivity contribution is 5.49. The van der Waals surface area contributed by atoms with Gasteiger partial charge in [-0.05, 0) is 42.9 Å². The fourth-order valence-corrected chi connectivity index (χ4v) is 2.13. The van der Waals surface area contributed by atoms with E-state index < -0.39 is 0 Å². The number of rotatable bonds is 6. The first-order valence-electron chi connectivity index (χ1n) is 6.71. The van der Waals surface area contributed by atoms with Crippen molar-refractivity contribution in [3.05, 3.63) is 29.8 Å². The Hall–Kier alpha value is -1.46. The molecule has 1 aromatic rings. The van der Waals surface area contributed by atoms with Crippen molar-refractivity contribution in [1.29, 1.82) is 0 Å². The van der Waals surface area contributed by atoms with E-state index in [1.807, 2.05) is 19.1 Å². The summed E-state index contributed by atoms with van der Waals surface area (Å²) in [6.45, 7) is 3.70. The fourth-order valence-electron chi connectivity index (χ4n) is 2.13. The zero-order valence-corrected chi connectivity index (χ0v) is 11.0. The van der Waals surface area contributed by atoms with Crippen LogP contribution >= 0.6 is 0 Å². The number of aliphatic hydroxyl groups is 1. The van der Waals surface area contributed by atoms with Gasteiger partial charge in [-0.25, -0.2) is 0 Å². The highest BCUT2D eigenvalue weighted by atomic mass is 16.3. The monoisotopic (exact) mass is 243 g/mol. The topological polar surface area (TPSA) is 23.5 Å². The maximum absolute atomic E-state index is 9.77. The smallest absolute Gasteiger partial charge is 0.0791 e. The largest absolute Gasteiger partial charge is 0.388 e. The van der Waals surface area contributed by atoms with Crippen LogP contribution in [0.5, 0.6) is 0 Å². The highest BCUT2D eigenvalue weighted by Gasteiger charge is 2.24. The molecule has 0 aromatic heterocycles. The average Bonchev–Trinajstić information content (AvgIpc) is 3.21. The summed E-state index contributed by atoms with van der Waals surface area (Å²) >= 11 is 0. The van der Waals surface area contributed by atoms with Gasteiger partial charge in [0, 0.05) is 12.2 Å². The molecule has 1 saturated carbocycles. The Morgan fingerprint density at radius 2 is 2.06 bits per heavy atom. The van der Waals surface area contributed by atoms with Crippen molar-refractivity contribution in [2.45, 2.75) is 32.3 Å². The van der Waals surface area contributed by atoms with E-state index in [0.29, 0.717) is 6.54 Å².